The van der Waals surface area contributed by atoms with Crippen molar-refractivity contribution < 1.29 is 4.79 Å². The Balaban J connectivity index is 1.29. The highest BCUT2D eigenvalue weighted by molar-refractivity contribution is 5.74. The van der Waals surface area contributed by atoms with E-state index in [9.17, 15) is 4.79 Å². The number of hydrogen-bond acceptors (Lipinski definition) is 3. The molecule has 5 nitrogen and oxygen atoms in total. The molecule has 2 aliphatic heterocycles. The summed E-state index contributed by atoms with van der Waals surface area (Å²) in [5.41, 5.74) is 7.08. The molecule has 0 N–H and O–H groups in total. The van der Waals surface area contributed by atoms with Gasteiger partial charge in [0, 0.05) is 38.0 Å². The summed E-state index contributed by atoms with van der Waals surface area (Å²) in [6.45, 7) is 9.77. The Hall–Kier alpha value is -2.14. The number of fused-ring (bicyclic) bond motifs is 3. The number of aryl methyl sites for hydroxylation is 1. The summed E-state index contributed by atoms with van der Waals surface area (Å²) in [6, 6.07) is 9.86. The first-order chi connectivity index (χ1) is 14.3. The first-order valence-electron chi connectivity index (χ1n) is 11.5. The Labute approximate surface area is 180 Å². The average molecular weight is 407 g/mol. The largest absolute Gasteiger partial charge is 0.338 e. The van der Waals surface area contributed by atoms with E-state index in [0.717, 1.165) is 39.0 Å². The highest BCUT2D eigenvalue weighted by Crippen LogP contribution is 2.52. The number of rotatable bonds is 4. The van der Waals surface area contributed by atoms with E-state index in [1.807, 2.05) is 4.90 Å². The summed E-state index contributed by atoms with van der Waals surface area (Å²) in [5, 5.41) is 4.85. The Morgan fingerprint density at radius 1 is 1.23 bits per heavy atom. The number of likely N-dealkylation sites (N-methyl/N-ethyl adjacent to an activating group) is 1. The van der Waals surface area contributed by atoms with E-state index in [1.165, 1.54) is 40.9 Å². The standard InChI is InChI=1S/C25H34N4O/c1-17(2)24-12-22-14-27(4)21(15-29(22)26-24)7-5-19-6-8-23-20(11-19)13-28(18(3)30)16-25(23)9-10-25/h6,8,11-12,17,21H,5,7,9-10,13-16H2,1-4H3. The molecule has 1 aromatic carbocycles. The first kappa shape index (κ1) is 19.8. The van der Waals surface area contributed by atoms with Crippen LogP contribution in [-0.2, 0) is 36.3 Å². The van der Waals surface area contributed by atoms with Gasteiger partial charge in [0.05, 0.1) is 17.9 Å². The van der Waals surface area contributed by atoms with E-state index < -0.39 is 0 Å². The third-order valence-electron chi connectivity index (χ3n) is 7.55. The van der Waals surface area contributed by atoms with Crippen LogP contribution >= 0.6 is 0 Å². The van der Waals surface area contributed by atoms with Crippen LogP contribution in [0.25, 0.3) is 0 Å². The van der Waals surface area contributed by atoms with E-state index >= 15 is 0 Å². The molecule has 0 saturated heterocycles. The molecule has 1 saturated carbocycles. The van der Waals surface area contributed by atoms with Gasteiger partial charge in [0.25, 0.3) is 0 Å². The summed E-state index contributed by atoms with van der Waals surface area (Å²) in [7, 11) is 2.24. The first-order valence-corrected chi connectivity index (χ1v) is 11.5. The molecule has 5 rings (SSSR count). The normalized spacial score (nSPS) is 22.3. The fraction of sp³-hybridized carbons (Fsp3) is 0.600. The van der Waals surface area contributed by atoms with Crippen molar-refractivity contribution in [3.63, 3.8) is 0 Å². The molecule has 1 aromatic heterocycles. The third-order valence-corrected chi connectivity index (χ3v) is 7.55. The van der Waals surface area contributed by atoms with Crippen molar-refractivity contribution in [3.05, 3.63) is 52.3 Å². The molecule has 160 valence electrons. The van der Waals surface area contributed by atoms with Gasteiger partial charge in [0.2, 0.25) is 5.91 Å². The van der Waals surface area contributed by atoms with Crippen molar-refractivity contribution in [2.24, 2.45) is 0 Å². The minimum atomic E-state index is 0.206. The van der Waals surface area contributed by atoms with E-state index in [2.05, 4.69) is 54.7 Å². The minimum Gasteiger partial charge on any atom is -0.338 e. The highest BCUT2D eigenvalue weighted by Gasteiger charge is 2.49. The number of amides is 1. The molecule has 1 fully saturated rings. The zero-order valence-corrected chi connectivity index (χ0v) is 18.8. The fourth-order valence-electron chi connectivity index (χ4n) is 5.38. The molecule has 1 unspecified atom stereocenters. The summed E-state index contributed by atoms with van der Waals surface area (Å²) in [4.78, 5) is 16.6. The van der Waals surface area contributed by atoms with Crippen LogP contribution in [0, 0.1) is 0 Å². The van der Waals surface area contributed by atoms with Gasteiger partial charge >= 0.3 is 0 Å². The number of hydrogen-bond donors (Lipinski definition) is 0. The van der Waals surface area contributed by atoms with Crippen molar-refractivity contribution in [2.45, 2.75) is 83.5 Å². The maximum Gasteiger partial charge on any atom is 0.219 e. The number of nitrogens with zero attached hydrogens (tertiary/aromatic N) is 4. The SMILES string of the molecule is CC(=O)N1Cc2cc(CCC3Cn4nc(C(C)C)cc4CN3C)ccc2C2(CC2)C1. The van der Waals surface area contributed by atoms with Gasteiger partial charge in [-0.25, -0.2) is 0 Å². The molecule has 1 amide bonds. The number of benzene rings is 1. The lowest BCUT2D eigenvalue weighted by molar-refractivity contribution is -0.130. The Bertz CT molecular complexity index is 972. The van der Waals surface area contributed by atoms with Gasteiger partial charge in [-0.05, 0) is 61.4 Å². The molecular weight excluding hydrogens is 372 g/mol. The number of aromatic nitrogens is 2. The van der Waals surface area contributed by atoms with Crippen LogP contribution in [0.3, 0.4) is 0 Å². The molecule has 3 heterocycles. The van der Waals surface area contributed by atoms with Gasteiger partial charge in [0.1, 0.15) is 0 Å². The molecule has 0 bridgehead atoms. The molecule has 1 atom stereocenters. The van der Waals surface area contributed by atoms with Crippen LogP contribution in [-0.4, -0.2) is 45.1 Å². The molecule has 30 heavy (non-hydrogen) atoms. The van der Waals surface area contributed by atoms with Gasteiger partial charge in [0.15, 0.2) is 0 Å². The Kier molecular flexibility index (Phi) is 4.77. The van der Waals surface area contributed by atoms with Crippen LogP contribution in [0.15, 0.2) is 24.3 Å². The fourth-order valence-corrected chi connectivity index (χ4v) is 5.38. The second-order valence-corrected chi connectivity index (χ2v) is 10.2. The molecule has 1 spiro atoms. The topological polar surface area (TPSA) is 41.4 Å². The lowest BCUT2D eigenvalue weighted by Crippen LogP contribution is -2.41. The minimum absolute atomic E-state index is 0.206. The van der Waals surface area contributed by atoms with Gasteiger partial charge in [-0.3, -0.25) is 14.4 Å². The van der Waals surface area contributed by atoms with E-state index in [0.29, 0.717) is 12.0 Å². The van der Waals surface area contributed by atoms with Crippen molar-refractivity contribution in [2.75, 3.05) is 13.6 Å². The third kappa shape index (κ3) is 3.47. The van der Waals surface area contributed by atoms with Crippen LogP contribution < -0.4 is 0 Å². The second kappa shape index (κ2) is 7.23. The molecule has 1 aliphatic carbocycles. The van der Waals surface area contributed by atoms with Gasteiger partial charge < -0.3 is 4.90 Å². The summed E-state index contributed by atoms with van der Waals surface area (Å²) in [5.74, 6) is 0.684. The highest BCUT2D eigenvalue weighted by atomic mass is 16.2. The molecule has 0 radical (unpaired) electrons. The Morgan fingerprint density at radius 3 is 2.73 bits per heavy atom. The predicted octanol–water partition coefficient (Wildman–Crippen LogP) is 3.85. The predicted molar refractivity (Wildman–Crippen MR) is 118 cm³/mol. The lowest BCUT2D eigenvalue weighted by Gasteiger charge is -2.35. The maximum absolute atomic E-state index is 12.0. The quantitative estimate of drug-likeness (QED) is 0.775. The summed E-state index contributed by atoms with van der Waals surface area (Å²) >= 11 is 0. The lowest BCUT2D eigenvalue weighted by atomic mass is 9.85. The molecule has 3 aliphatic rings. The van der Waals surface area contributed by atoms with E-state index in [-0.39, 0.29) is 11.3 Å². The van der Waals surface area contributed by atoms with Gasteiger partial charge in [-0.15, -0.1) is 0 Å². The zero-order valence-electron chi connectivity index (χ0n) is 18.8. The summed E-state index contributed by atoms with van der Waals surface area (Å²) in [6.07, 6.45) is 4.65. The number of carbonyl (C=O) groups excluding carboxylic acids is 1. The molecule has 2 aromatic rings. The second-order valence-electron chi connectivity index (χ2n) is 10.2. The van der Waals surface area contributed by atoms with E-state index in [1.54, 1.807) is 6.92 Å². The van der Waals surface area contributed by atoms with Crippen LogP contribution in [0.2, 0.25) is 0 Å². The van der Waals surface area contributed by atoms with E-state index in [4.69, 9.17) is 5.10 Å². The van der Waals surface area contributed by atoms with Gasteiger partial charge in [-0.2, -0.15) is 5.10 Å². The number of carbonyl (C=O) groups is 1. The maximum atomic E-state index is 12.0. The van der Waals surface area contributed by atoms with Crippen LogP contribution in [0.1, 0.15) is 74.0 Å². The van der Waals surface area contributed by atoms with Crippen molar-refractivity contribution in [3.8, 4) is 0 Å². The van der Waals surface area contributed by atoms with Crippen molar-refractivity contribution >= 4 is 5.91 Å². The molecular formula is C25H34N4O. The Morgan fingerprint density at radius 2 is 2.03 bits per heavy atom. The van der Waals surface area contributed by atoms with Crippen molar-refractivity contribution in [1.29, 1.82) is 0 Å². The smallest absolute Gasteiger partial charge is 0.219 e. The molecule has 5 heteroatoms. The van der Waals surface area contributed by atoms with Crippen LogP contribution in [0.5, 0.6) is 0 Å². The average Bonchev–Trinajstić information content (AvgIpc) is 3.34. The summed E-state index contributed by atoms with van der Waals surface area (Å²) < 4.78 is 2.23. The van der Waals surface area contributed by atoms with Gasteiger partial charge in [-0.1, -0.05) is 32.0 Å². The van der Waals surface area contributed by atoms with Crippen molar-refractivity contribution in [1.82, 2.24) is 19.6 Å². The van der Waals surface area contributed by atoms with Crippen LogP contribution in [0.4, 0.5) is 0 Å². The monoisotopic (exact) mass is 406 g/mol. The zero-order chi connectivity index (χ0) is 21.0.